The van der Waals surface area contributed by atoms with Crippen LogP contribution in [-0.4, -0.2) is 23.4 Å². The number of hydrogen-bond donors (Lipinski definition) is 1. The molecule has 2 aromatic rings. The van der Waals surface area contributed by atoms with Gasteiger partial charge in [-0.25, -0.2) is 4.39 Å². The number of allylic oxidation sites excluding steroid dienone is 2. The Morgan fingerprint density at radius 3 is 2.24 bits per heavy atom. The number of hydrogen-bond acceptors (Lipinski definition) is 4. The molecule has 2 aromatic carbocycles. The third-order valence-corrected chi connectivity index (χ3v) is 5.91. The first-order valence-corrected chi connectivity index (χ1v) is 9.69. The lowest BCUT2D eigenvalue weighted by Gasteiger charge is -2.32. The fourth-order valence-corrected chi connectivity index (χ4v) is 3.43. The van der Waals surface area contributed by atoms with Crippen LogP contribution in [0, 0.1) is 0 Å². The third-order valence-electron chi connectivity index (χ3n) is 5.66. The van der Waals surface area contributed by atoms with Gasteiger partial charge in [0.25, 0.3) is 0 Å². The molecule has 1 N–H and O–H groups in total. The van der Waals surface area contributed by atoms with Gasteiger partial charge in [0.05, 0.1) is 17.5 Å². The predicted octanol–water partition coefficient (Wildman–Crippen LogP) is 5.79. The van der Waals surface area contributed by atoms with Gasteiger partial charge >= 0.3 is 7.12 Å². The molecule has 2 heterocycles. The molecule has 0 aliphatic carbocycles. The van der Waals surface area contributed by atoms with E-state index in [1.807, 2.05) is 27.7 Å². The second-order valence-electron chi connectivity index (χ2n) is 8.15. The van der Waals surface area contributed by atoms with Crippen molar-refractivity contribution >= 4 is 29.9 Å². The Morgan fingerprint density at radius 2 is 1.62 bits per heavy atom. The lowest BCUT2D eigenvalue weighted by atomic mass is 9.78. The van der Waals surface area contributed by atoms with E-state index in [0.29, 0.717) is 27.5 Å². The normalized spacial score (nSPS) is 21.3. The fraction of sp³-hybridized carbons (Fsp3) is 0.273. The summed E-state index contributed by atoms with van der Waals surface area (Å²) in [5.74, 6) is 0.381. The number of benzene rings is 2. The third kappa shape index (κ3) is 3.46. The van der Waals surface area contributed by atoms with Gasteiger partial charge in [-0.2, -0.15) is 0 Å². The number of aromatic hydroxyl groups is 1. The summed E-state index contributed by atoms with van der Waals surface area (Å²) in [5, 5.41) is 10.4. The number of halogens is 2. The molecule has 0 spiro atoms. The van der Waals surface area contributed by atoms with Crippen LogP contribution < -0.4 is 4.74 Å². The Kier molecular flexibility index (Phi) is 4.77. The van der Waals surface area contributed by atoms with Gasteiger partial charge < -0.3 is 19.2 Å². The molecule has 0 amide bonds. The summed E-state index contributed by atoms with van der Waals surface area (Å²) in [6.45, 7) is 7.49. The van der Waals surface area contributed by atoms with Crippen LogP contribution in [0.25, 0.3) is 11.1 Å². The van der Waals surface area contributed by atoms with Gasteiger partial charge in [0.2, 0.25) is 0 Å². The SMILES string of the molecule is CC1(C)OB(C(F)=C2C(c3ccc(Cl)cc3)=COc3cc(O)ccc32)OC1(C)C. The molecule has 7 heteroatoms. The van der Waals surface area contributed by atoms with Crippen molar-refractivity contribution in [3.63, 3.8) is 0 Å². The average Bonchev–Trinajstić information content (AvgIpc) is 2.88. The first-order valence-electron chi connectivity index (χ1n) is 9.31. The molecule has 1 fully saturated rings. The van der Waals surface area contributed by atoms with Crippen LogP contribution in [0.1, 0.15) is 38.8 Å². The second kappa shape index (κ2) is 6.90. The maximum atomic E-state index is 15.9. The van der Waals surface area contributed by atoms with E-state index in [9.17, 15) is 5.11 Å². The highest BCUT2D eigenvalue weighted by molar-refractivity contribution is 6.56. The highest BCUT2D eigenvalue weighted by atomic mass is 35.5. The summed E-state index contributed by atoms with van der Waals surface area (Å²) in [7, 11) is -1.16. The van der Waals surface area contributed by atoms with Crippen molar-refractivity contribution in [2.75, 3.05) is 0 Å². The van der Waals surface area contributed by atoms with Gasteiger partial charge in [0.15, 0.2) is 0 Å². The van der Waals surface area contributed by atoms with Crippen LogP contribution in [0.4, 0.5) is 4.39 Å². The number of phenols is 1. The van der Waals surface area contributed by atoms with Crippen molar-refractivity contribution in [2.45, 2.75) is 38.9 Å². The first kappa shape index (κ1) is 20.0. The zero-order valence-corrected chi connectivity index (χ0v) is 17.4. The van der Waals surface area contributed by atoms with Crippen molar-refractivity contribution in [2.24, 2.45) is 0 Å². The molecule has 0 radical (unpaired) electrons. The summed E-state index contributed by atoms with van der Waals surface area (Å²) in [6, 6.07) is 11.6. The van der Waals surface area contributed by atoms with E-state index in [-0.39, 0.29) is 5.75 Å². The molecule has 0 saturated carbocycles. The topological polar surface area (TPSA) is 47.9 Å². The quantitative estimate of drug-likeness (QED) is 0.632. The van der Waals surface area contributed by atoms with Crippen molar-refractivity contribution in [3.8, 4) is 11.5 Å². The average molecular weight is 415 g/mol. The van der Waals surface area contributed by atoms with Crippen molar-refractivity contribution in [1.29, 1.82) is 0 Å². The molecule has 0 unspecified atom stereocenters. The predicted molar refractivity (Wildman–Crippen MR) is 112 cm³/mol. The van der Waals surface area contributed by atoms with Crippen molar-refractivity contribution < 1.29 is 23.5 Å². The van der Waals surface area contributed by atoms with Crippen molar-refractivity contribution in [3.05, 3.63) is 70.6 Å². The second-order valence-corrected chi connectivity index (χ2v) is 8.58. The van der Waals surface area contributed by atoms with Crippen LogP contribution in [-0.2, 0) is 9.31 Å². The fourth-order valence-electron chi connectivity index (χ4n) is 3.30. The van der Waals surface area contributed by atoms with E-state index in [1.165, 1.54) is 18.4 Å². The van der Waals surface area contributed by atoms with E-state index in [4.69, 9.17) is 25.6 Å². The van der Waals surface area contributed by atoms with Crippen LogP contribution in [0.15, 0.2) is 54.5 Å². The van der Waals surface area contributed by atoms with Gasteiger partial charge in [-0.3, -0.25) is 0 Å². The van der Waals surface area contributed by atoms with Gasteiger partial charge in [0.1, 0.15) is 17.2 Å². The largest absolute Gasteiger partial charge is 0.525 e. The zero-order chi connectivity index (χ0) is 21.0. The minimum Gasteiger partial charge on any atom is -0.508 e. The molecule has 4 rings (SSSR count). The summed E-state index contributed by atoms with van der Waals surface area (Å²) in [4.78, 5) is 0. The lowest BCUT2D eigenvalue weighted by Crippen LogP contribution is -2.41. The standard InChI is InChI=1S/C22H21BClFO4/c1-21(2)22(3,4)29-23(28-21)20(25)19-16-10-9-15(26)11-18(16)27-12-17(19)13-5-7-14(24)8-6-13/h5-12,26H,1-4H3. The number of ether oxygens (including phenoxy) is 1. The van der Waals surface area contributed by atoms with Gasteiger partial charge in [0, 0.05) is 27.8 Å². The maximum Gasteiger partial charge on any atom is 0.525 e. The van der Waals surface area contributed by atoms with Gasteiger partial charge in [-0.05, 0) is 57.5 Å². The molecular formula is C22H21BClFO4. The molecular weight excluding hydrogens is 394 g/mol. The van der Waals surface area contributed by atoms with Crippen LogP contribution in [0.5, 0.6) is 11.5 Å². The summed E-state index contributed by atoms with van der Waals surface area (Å²) in [5.41, 5.74) is 0.155. The first-order chi connectivity index (χ1) is 13.6. The molecule has 2 aliphatic heterocycles. The summed E-state index contributed by atoms with van der Waals surface area (Å²) < 4.78 is 33.5. The Balaban J connectivity index is 1.87. The Labute approximate surface area is 174 Å². The maximum absolute atomic E-state index is 15.9. The Hall–Kier alpha value is -2.28. The monoisotopic (exact) mass is 414 g/mol. The molecule has 0 bridgehead atoms. The van der Waals surface area contributed by atoms with E-state index >= 15 is 4.39 Å². The number of rotatable bonds is 2. The van der Waals surface area contributed by atoms with Crippen LogP contribution >= 0.6 is 11.6 Å². The molecule has 1 saturated heterocycles. The summed E-state index contributed by atoms with van der Waals surface area (Å²) >= 11 is 6.01. The Bertz CT molecular complexity index is 1010. The minimum absolute atomic E-state index is 0.0301. The number of phenolic OH excluding ortho intramolecular Hbond substituents is 1. The zero-order valence-electron chi connectivity index (χ0n) is 16.6. The minimum atomic E-state index is -1.16. The lowest BCUT2D eigenvalue weighted by molar-refractivity contribution is 0.00578. The van der Waals surface area contributed by atoms with E-state index in [2.05, 4.69) is 0 Å². The molecule has 150 valence electrons. The van der Waals surface area contributed by atoms with E-state index in [1.54, 1.807) is 30.3 Å². The van der Waals surface area contributed by atoms with E-state index in [0.717, 1.165) is 5.56 Å². The molecule has 29 heavy (non-hydrogen) atoms. The smallest absolute Gasteiger partial charge is 0.508 e. The molecule has 4 nitrogen and oxygen atoms in total. The van der Waals surface area contributed by atoms with E-state index < -0.39 is 24.0 Å². The van der Waals surface area contributed by atoms with Crippen LogP contribution in [0.3, 0.4) is 0 Å². The van der Waals surface area contributed by atoms with Gasteiger partial charge in [-0.15, -0.1) is 0 Å². The molecule has 0 aromatic heterocycles. The van der Waals surface area contributed by atoms with Crippen molar-refractivity contribution in [1.82, 2.24) is 0 Å². The van der Waals surface area contributed by atoms with Crippen LogP contribution in [0.2, 0.25) is 5.02 Å². The summed E-state index contributed by atoms with van der Waals surface area (Å²) in [6.07, 6.45) is 1.46. The number of fused-ring (bicyclic) bond motifs is 1. The highest BCUT2D eigenvalue weighted by Crippen LogP contribution is 2.47. The molecule has 2 aliphatic rings. The Morgan fingerprint density at radius 1 is 1.00 bits per heavy atom. The highest BCUT2D eigenvalue weighted by Gasteiger charge is 2.54. The van der Waals surface area contributed by atoms with Gasteiger partial charge in [-0.1, -0.05) is 23.7 Å². The molecule has 0 atom stereocenters.